The highest BCUT2D eigenvalue weighted by atomic mass is 16.6. The Morgan fingerprint density at radius 3 is 2.20 bits per heavy atom. The average molecular weight is 337 g/mol. The molecule has 25 heavy (non-hydrogen) atoms. The number of nitro groups is 1. The van der Waals surface area contributed by atoms with Gasteiger partial charge >= 0.3 is 0 Å². The fourth-order valence-corrected chi connectivity index (χ4v) is 3.02. The summed E-state index contributed by atoms with van der Waals surface area (Å²) in [4.78, 5) is 35.5. The van der Waals surface area contributed by atoms with Gasteiger partial charge in [-0.25, -0.2) is 0 Å². The van der Waals surface area contributed by atoms with Crippen molar-refractivity contribution in [1.29, 1.82) is 0 Å². The van der Waals surface area contributed by atoms with Crippen LogP contribution in [0.25, 0.3) is 5.76 Å². The first-order valence-corrected chi connectivity index (χ1v) is 7.70. The van der Waals surface area contributed by atoms with Crippen molar-refractivity contribution in [3.63, 3.8) is 0 Å². The zero-order valence-corrected chi connectivity index (χ0v) is 13.4. The van der Waals surface area contributed by atoms with Crippen molar-refractivity contribution < 1.29 is 19.6 Å². The van der Waals surface area contributed by atoms with E-state index in [2.05, 4.69) is 0 Å². The lowest BCUT2D eigenvalue weighted by atomic mass is 9.79. The third-order valence-corrected chi connectivity index (χ3v) is 4.29. The molecule has 0 fully saturated rings. The minimum atomic E-state index is -1.000. The maximum Gasteiger partial charge on any atom is 0.234 e. The zero-order chi connectivity index (χ0) is 18.1. The van der Waals surface area contributed by atoms with Crippen molar-refractivity contribution in [2.24, 2.45) is 0 Å². The van der Waals surface area contributed by atoms with Crippen molar-refractivity contribution >= 4 is 17.3 Å². The van der Waals surface area contributed by atoms with E-state index < -0.39 is 29.0 Å². The number of rotatable bonds is 4. The van der Waals surface area contributed by atoms with Gasteiger partial charge < -0.3 is 5.11 Å². The van der Waals surface area contributed by atoms with E-state index >= 15 is 0 Å². The number of hydrogen-bond acceptors (Lipinski definition) is 5. The molecule has 126 valence electrons. The Kier molecular flexibility index (Phi) is 4.19. The van der Waals surface area contributed by atoms with Crippen molar-refractivity contribution in [2.45, 2.75) is 12.8 Å². The van der Waals surface area contributed by atoms with Crippen LogP contribution in [0, 0.1) is 17.0 Å². The molecule has 1 aliphatic rings. The predicted octanol–water partition coefficient (Wildman–Crippen LogP) is 3.09. The van der Waals surface area contributed by atoms with Crippen LogP contribution in [0.3, 0.4) is 0 Å². The van der Waals surface area contributed by atoms with Gasteiger partial charge in [0, 0.05) is 16.1 Å². The fourth-order valence-electron chi connectivity index (χ4n) is 3.02. The molecular weight excluding hydrogens is 322 g/mol. The summed E-state index contributed by atoms with van der Waals surface area (Å²) in [6.07, 6.45) is 0. The highest BCUT2D eigenvalue weighted by Gasteiger charge is 2.39. The normalized spacial score (nSPS) is 15.1. The number of hydrogen-bond donors (Lipinski definition) is 1. The Hall–Kier alpha value is -3.28. The summed E-state index contributed by atoms with van der Waals surface area (Å²) >= 11 is 0. The van der Waals surface area contributed by atoms with E-state index in [4.69, 9.17) is 0 Å². The van der Waals surface area contributed by atoms with Crippen LogP contribution in [0.1, 0.15) is 33.0 Å². The highest BCUT2D eigenvalue weighted by molar-refractivity contribution is 6.52. The molecule has 2 aromatic carbocycles. The number of nitrogens with zero attached hydrogens (tertiary/aromatic N) is 1. The van der Waals surface area contributed by atoms with E-state index in [0.29, 0.717) is 5.56 Å². The third-order valence-electron chi connectivity index (χ3n) is 4.29. The SMILES string of the molecule is Cc1ccc(C(C[N+](=O)[O-])C2=C(O)c3ccccc3C(=O)C2=O)cc1. The summed E-state index contributed by atoms with van der Waals surface area (Å²) in [5.41, 5.74) is 1.58. The van der Waals surface area contributed by atoms with Crippen LogP contribution >= 0.6 is 0 Å². The number of carbonyl (C=O) groups excluding carboxylic acids is 2. The lowest BCUT2D eigenvalue weighted by molar-refractivity contribution is -0.481. The van der Waals surface area contributed by atoms with E-state index in [-0.39, 0.29) is 22.5 Å². The molecule has 2 aromatic rings. The van der Waals surface area contributed by atoms with Crippen LogP contribution in [-0.2, 0) is 4.79 Å². The molecule has 6 nitrogen and oxygen atoms in total. The molecule has 0 radical (unpaired) electrons. The fraction of sp³-hybridized carbons (Fsp3) is 0.158. The van der Waals surface area contributed by atoms with E-state index in [9.17, 15) is 24.8 Å². The second-order valence-electron chi connectivity index (χ2n) is 5.94. The van der Waals surface area contributed by atoms with Gasteiger partial charge in [-0.15, -0.1) is 0 Å². The number of carbonyl (C=O) groups is 2. The zero-order valence-electron chi connectivity index (χ0n) is 13.4. The largest absolute Gasteiger partial charge is 0.507 e. The van der Waals surface area contributed by atoms with Crippen LogP contribution in [0.2, 0.25) is 0 Å². The van der Waals surface area contributed by atoms with E-state index in [1.165, 1.54) is 12.1 Å². The van der Waals surface area contributed by atoms with E-state index in [1.807, 2.05) is 6.92 Å². The van der Waals surface area contributed by atoms with Gasteiger partial charge in [0.05, 0.1) is 11.5 Å². The standard InChI is InChI=1S/C19H15NO5/c1-11-6-8-12(9-7-11)15(10-20(24)25)16-17(21)13-4-2-3-5-14(13)18(22)19(16)23/h2-9,15,21H,10H2,1H3. The number of aryl methyl sites for hydroxylation is 1. The second-order valence-corrected chi connectivity index (χ2v) is 5.94. The van der Waals surface area contributed by atoms with Gasteiger partial charge in [0.15, 0.2) is 0 Å². The number of fused-ring (bicyclic) bond motifs is 1. The van der Waals surface area contributed by atoms with Crippen molar-refractivity contribution in [2.75, 3.05) is 6.54 Å². The Balaban J connectivity index is 2.20. The second kappa shape index (κ2) is 6.32. The number of Topliss-reactive ketones (excluding diaryl/α,β-unsaturated/α-hetero) is 2. The molecule has 0 amide bonds. The summed E-state index contributed by atoms with van der Waals surface area (Å²) in [5.74, 6) is -3.03. The monoisotopic (exact) mass is 337 g/mol. The lowest BCUT2D eigenvalue weighted by Gasteiger charge is -2.22. The summed E-state index contributed by atoms with van der Waals surface area (Å²) in [6, 6.07) is 13.1. The molecule has 0 saturated carbocycles. The Bertz CT molecular complexity index is 912. The van der Waals surface area contributed by atoms with Crippen molar-refractivity contribution in [3.8, 4) is 0 Å². The van der Waals surface area contributed by atoms with E-state index in [0.717, 1.165) is 5.56 Å². The number of benzene rings is 2. The van der Waals surface area contributed by atoms with Gasteiger partial charge in [-0.3, -0.25) is 19.7 Å². The van der Waals surface area contributed by atoms with Gasteiger partial charge in [-0.1, -0.05) is 54.1 Å². The molecule has 0 saturated heterocycles. The first kappa shape index (κ1) is 16.6. The Morgan fingerprint density at radius 1 is 1.00 bits per heavy atom. The first-order valence-electron chi connectivity index (χ1n) is 7.70. The Labute approximate surface area is 143 Å². The Morgan fingerprint density at radius 2 is 1.60 bits per heavy atom. The van der Waals surface area contributed by atoms with Gasteiger partial charge in [-0.2, -0.15) is 0 Å². The van der Waals surface area contributed by atoms with E-state index in [1.54, 1.807) is 36.4 Å². The summed E-state index contributed by atoms with van der Waals surface area (Å²) in [5, 5.41) is 21.7. The van der Waals surface area contributed by atoms with Crippen LogP contribution < -0.4 is 0 Å². The van der Waals surface area contributed by atoms with Gasteiger partial charge in [0.25, 0.3) is 0 Å². The molecule has 0 spiro atoms. The average Bonchev–Trinajstić information content (AvgIpc) is 2.59. The number of aliphatic hydroxyl groups excluding tert-OH is 1. The van der Waals surface area contributed by atoms with Crippen LogP contribution in [0.4, 0.5) is 0 Å². The maximum atomic E-state index is 12.6. The smallest absolute Gasteiger partial charge is 0.234 e. The molecule has 0 aliphatic heterocycles. The maximum absolute atomic E-state index is 12.6. The van der Waals surface area contributed by atoms with Crippen LogP contribution in [0.15, 0.2) is 54.1 Å². The first-order chi connectivity index (χ1) is 11.9. The van der Waals surface area contributed by atoms with Crippen LogP contribution in [0.5, 0.6) is 0 Å². The summed E-state index contributed by atoms with van der Waals surface area (Å²) in [7, 11) is 0. The quantitative estimate of drug-likeness (QED) is 0.525. The molecule has 1 aliphatic carbocycles. The molecular formula is C19H15NO5. The lowest BCUT2D eigenvalue weighted by Crippen LogP contribution is -2.30. The summed E-state index contributed by atoms with van der Waals surface area (Å²) < 4.78 is 0. The van der Waals surface area contributed by atoms with Gasteiger partial charge in [0.2, 0.25) is 18.1 Å². The minimum absolute atomic E-state index is 0.109. The molecule has 1 N–H and O–H groups in total. The van der Waals surface area contributed by atoms with Gasteiger partial charge in [-0.05, 0) is 12.5 Å². The molecule has 6 heteroatoms. The molecule has 0 heterocycles. The van der Waals surface area contributed by atoms with Crippen molar-refractivity contribution in [3.05, 3.63) is 86.5 Å². The minimum Gasteiger partial charge on any atom is -0.507 e. The molecule has 0 bridgehead atoms. The predicted molar refractivity (Wildman–Crippen MR) is 91.1 cm³/mol. The highest BCUT2D eigenvalue weighted by Crippen LogP contribution is 2.36. The molecule has 1 unspecified atom stereocenters. The topological polar surface area (TPSA) is 97.5 Å². The third kappa shape index (κ3) is 2.94. The summed E-state index contributed by atoms with van der Waals surface area (Å²) in [6.45, 7) is 1.28. The number of ketones is 2. The molecule has 1 atom stereocenters. The molecule has 3 rings (SSSR count). The number of aliphatic hydroxyl groups is 1. The molecule has 0 aromatic heterocycles. The van der Waals surface area contributed by atoms with Crippen LogP contribution in [-0.4, -0.2) is 28.1 Å². The van der Waals surface area contributed by atoms with Gasteiger partial charge in [0.1, 0.15) is 5.76 Å². The van der Waals surface area contributed by atoms with Crippen molar-refractivity contribution in [1.82, 2.24) is 0 Å².